The number of nitrogens with one attached hydrogen (secondary N) is 1. The number of H-pyrrole nitrogens is 1. The Morgan fingerprint density at radius 1 is 0.944 bits per heavy atom. The third kappa shape index (κ3) is 5.18. The van der Waals surface area contributed by atoms with Gasteiger partial charge in [-0.1, -0.05) is 54.1 Å². The van der Waals surface area contributed by atoms with Crippen LogP contribution in [0.3, 0.4) is 0 Å². The normalized spacial score (nSPS) is 11.5. The highest BCUT2D eigenvalue weighted by molar-refractivity contribution is 6.30. The Balaban J connectivity index is 1.47. The van der Waals surface area contributed by atoms with Gasteiger partial charge in [0, 0.05) is 44.0 Å². The van der Waals surface area contributed by atoms with Crippen molar-refractivity contribution in [1.29, 1.82) is 0 Å². The fraction of sp³-hybridized carbons (Fsp3) is 0.233. The second kappa shape index (κ2) is 10.6. The largest absolute Gasteiger partial charge is 0.494 e. The van der Waals surface area contributed by atoms with Crippen LogP contribution < -0.4 is 4.74 Å². The standard InChI is InChI=1S/C30H31ClN4O/c1-4-36-25-10-7-9-22(17-25)18-35(19-23-12-13-27-24(16-23)14-15-32-27)20-28-29(31)33-30(34(28)3)26-11-6-5-8-21(26)2/h5-17,32H,4,18-20H2,1-3H3. The van der Waals surface area contributed by atoms with Crippen LogP contribution in [0.4, 0.5) is 0 Å². The molecular formula is C30H31ClN4O. The summed E-state index contributed by atoms with van der Waals surface area (Å²) in [5, 5.41) is 1.76. The molecule has 0 atom stereocenters. The smallest absolute Gasteiger partial charge is 0.152 e. The zero-order valence-electron chi connectivity index (χ0n) is 21.0. The third-order valence-corrected chi connectivity index (χ3v) is 6.87. The molecule has 2 aromatic heterocycles. The summed E-state index contributed by atoms with van der Waals surface area (Å²) >= 11 is 6.75. The van der Waals surface area contributed by atoms with Crippen LogP contribution in [-0.4, -0.2) is 26.0 Å². The highest BCUT2D eigenvalue weighted by atomic mass is 35.5. The van der Waals surface area contributed by atoms with Crippen molar-refractivity contribution in [3.8, 4) is 17.1 Å². The molecule has 1 N–H and O–H groups in total. The maximum absolute atomic E-state index is 6.75. The number of benzene rings is 3. The summed E-state index contributed by atoms with van der Waals surface area (Å²) in [5.41, 5.74) is 6.87. The lowest BCUT2D eigenvalue weighted by Crippen LogP contribution is -2.24. The number of nitrogens with zero attached hydrogens (tertiary/aromatic N) is 3. The van der Waals surface area contributed by atoms with Gasteiger partial charge in [0.25, 0.3) is 0 Å². The van der Waals surface area contributed by atoms with Crippen molar-refractivity contribution in [2.45, 2.75) is 33.5 Å². The van der Waals surface area contributed by atoms with Crippen LogP contribution in [0.1, 0.15) is 29.3 Å². The Kier molecular flexibility index (Phi) is 7.12. The molecule has 0 spiro atoms. The molecule has 3 aromatic carbocycles. The molecule has 0 amide bonds. The highest BCUT2D eigenvalue weighted by Gasteiger charge is 2.19. The van der Waals surface area contributed by atoms with Gasteiger partial charge in [0.1, 0.15) is 11.6 Å². The molecule has 5 rings (SSSR count). The SMILES string of the molecule is CCOc1cccc(CN(Cc2ccc3[nH]ccc3c2)Cc2c(Cl)nc(-c3ccccc3C)n2C)c1. The number of aromatic amines is 1. The number of imidazole rings is 1. The van der Waals surface area contributed by atoms with Crippen molar-refractivity contribution >= 4 is 22.5 Å². The predicted molar refractivity (Wildman–Crippen MR) is 147 cm³/mol. The fourth-order valence-corrected chi connectivity index (χ4v) is 5.00. The van der Waals surface area contributed by atoms with E-state index < -0.39 is 0 Å². The van der Waals surface area contributed by atoms with Crippen molar-refractivity contribution in [2.75, 3.05) is 6.61 Å². The average Bonchev–Trinajstić information content (AvgIpc) is 3.44. The molecule has 2 heterocycles. The van der Waals surface area contributed by atoms with E-state index >= 15 is 0 Å². The molecule has 6 heteroatoms. The summed E-state index contributed by atoms with van der Waals surface area (Å²) in [7, 11) is 2.05. The van der Waals surface area contributed by atoms with Gasteiger partial charge in [-0.05, 0) is 66.3 Å². The molecule has 36 heavy (non-hydrogen) atoms. The van der Waals surface area contributed by atoms with Gasteiger partial charge in [0.05, 0.1) is 12.3 Å². The molecule has 0 unspecified atom stereocenters. The molecule has 0 bridgehead atoms. The number of ether oxygens (including phenoxy) is 1. The topological polar surface area (TPSA) is 46.1 Å². The molecule has 0 radical (unpaired) electrons. The summed E-state index contributed by atoms with van der Waals surface area (Å²) in [5.74, 6) is 1.78. The van der Waals surface area contributed by atoms with E-state index in [4.69, 9.17) is 21.3 Å². The van der Waals surface area contributed by atoms with Gasteiger partial charge in [-0.2, -0.15) is 0 Å². The van der Waals surface area contributed by atoms with Crippen LogP contribution >= 0.6 is 11.6 Å². The van der Waals surface area contributed by atoms with E-state index in [1.54, 1.807) is 0 Å². The molecule has 0 fully saturated rings. The minimum absolute atomic E-state index is 0.546. The summed E-state index contributed by atoms with van der Waals surface area (Å²) in [6, 6.07) is 25.3. The third-order valence-electron chi connectivity index (χ3n) is 6.56. The summed E-state index contributed by atoms with van der Waals surface area (Å²) in [6.07, 6.45) is 1.98. The van der Waals surface area contributed by atoms with Crippen LogP contribution in [-0.2, 0) is 26.7 Å². The number of hydrogen-bond acceptors (Lipinski definition) is 3. The number of aryl methyl sites for hydroxylation is 1. The minimum Gasteiger partial charge on any atom is -0.494 e. The van der Waals surface area contributed by atoms with Crippen molar-refractivity contribution in [3.63, 3.8) is 0 Å². The lowest BCUT2D eigenvalue weighted by atomic mass is 10.1. The molecule has 0 aliphatic heterocycles. The van der Waals surface area contributed by atoms with E-state index in [1.165, 1.54) is 22.1 Å². The average molecular weight is 499 g/mol. The Morgan fingerprint density at radius 2 is 1.75 bits per heavy atom. The van der Waals surface area contributed by atoms with Crippen LogP contribution in [0.15, 0.2) is 79.0 Å². The molecule has 0 saturated carbocycles. The second-order valence-electron chi connectivity index (χ2n) is 9.17. The zero-order chi connectivity index (χ0) is 25.1. The van der Waals surface area contributed by atoms with Crippen LogP contribution in [0.5, 0.6) is 5.75 Å². The first-order chi connectivity index (χ1) is 17.5. The first-order valence-corrected chi connectivity index (χ1v) is 12.7. The maximum Gasteiger partial charge on any atom is 0.152 e. The van der Waals surface area contributed by atoms with Gasteiger partial charge in [0.2, 0.25) is 0 Å². The van der Waals surface area contributed by atoms with Crippen LogP contribution in [0.25, 0.3) is 22.3 Å². The minimum atomic E-state index is 0.546. The maximum atomic E-state index is 6.75. The van der Waals surface area contributed by atoms with E-state index in [0.717, 1.165) is 41.4 Å². The Bertz CT molecular complexity index is 1490. The van der Waals surface area contributed by atoms with Gasteiger partial charge in [0.15, 0.2) is 5.15 Å². The summed E-state index contributed by atoms with van der Waals surface area (Å²) in [6.45, 7) is 6.96. The zero-order valence-corrected chi connectivity index (χ0v) is 21.7. The van der Waals surface area contributed by atoms with Crippen molar-refractivity contribution in [3.05, 3.63) is 107 Å². The Hall–Kier alpha value is -3.54. The van der Waals surface area contributed by atoms with Crippen LogP contribution in [0, 0.1) is 6.92 Å². The van der Waals surface area contributed by atoms with Crippen molar-refractivity contribution < 1.29 is 4.74 Å². The Labute approximate surface area is 217 Å². The number of rotatable bonds is 9. The molecule has 0 saturated heterocycles. The first-order valence-electron chi connectivity index (χ1n) is 12.3. The van der Waals surface area contributed by atoms with Gasteiger partial charge in [-0.3, -0.25) is 4.90 Å². The lowest BCUT2D eigenvalue weighted by Gasteiger charge is -2.23. The molecule has 0 aliphatic rings. The number of aromatic nitrogens is 3. The summed E-state index contributed by atoms with van der Waals surface area (Å²) < 4.78 is 7.88. The first kappa shape index (κ1) is 24.2. The second-order valence-corrected chi connectivity index (χ2v) is 9.53. The highest BCUT2D eigenvalue weighted by Crippen LogP contribution is 2.29. The monoisotopic (exact) mass is 498 g/mol. The fourth-order valence-electron chi connectivity index (χ4n) is 4.73. The molecule has 5 aromatic rings. The molecule has 184 valence electrons. The van der Waals surface area contributed by atoms with E-state index in [-0.39, 0.29) is 0 Å². The molecule has 5 nitrogen and oxygen atoms in total. The quantitative estimate of drug-likeness (QED) is 0.235. The van der Waals surface area contributed by atoms with E-state index in [0.29, 0.717) is 18.3 Å². The molecule has 0 aliphatic carbocycles. The predicted octanol–water partition coefficient (Wildman–Crippen LogP) is 7.13. The van der Waals surface area contributed by atoms with Gasteiger partial charge in [-0.15, -0.1) is 0 Å². The van der Waals surface area contributed by atoms with Gasteiger partial charge >= 0.3 is 0 Å². The summed E-state index contributed by atoms with van der Waals surface area (Å²) in [4.78, 5) is 10.4. The van der Waals surface area contributed by atoms with Crippen molar-refractivity contribution in [2.24, 2.45) is 7.05 Å². The van der Waals surface area contributed by atoms with E-state index in [9.17, 15) is 0 Å². The number of fused-ring (bicyclic) bond motifs is 1. The Morgan fingerprint density at radius 3 is 2.56 bits per heavy atom. The van der Waals surface area contributed by atoms with Gasteiger partial charge in [-0.25, -0.2) is 4.98 Å². The lowest BCUT2D eigenvalue weighted by molar-refractivity contribution is 0.242. The van der Waals surface area contributed by atoms with Crippen molar-refractivity contribution in [1.82, 2.24) is 19.4 Å². The van der Waals surface area contributed by atoms with E-state index in [2.05, 4.69) is 83.0 Å². The molecular weight excluding hydrogens is 468 g/mol. The van der Waals surface area contributed by atoms with Gasteiger partial charge < -0.3 is 14.3 Å². The van der Waals surface area contributed by atoms with E-state index in [1.807, 2.05) is 31.3 Å². The van der Waals surface area contributed by atoms with Crippen LogP contribution in [0.2, 0.25) is 5.15 Å². The number of halogens is 1. The number of hydrogen-bond donors (Lipinski definition) is 1.